The number of benzene rings is 1. The van der Waals surface area contributed by atoms with Gasteiger partial charge in [-0.05, 0) is 56.3 Å². The van der Waals surface area contributed by atoms with Crippen molar-refractivity contribution in [2.75, 3.05) is 26.2 Å². The van der Waals surface area contributed by atoms with Crippen LogP contribution in [0.4, 0.5) is 0 Å². The predicted molar refractivity (Wildman–Crippen MR) is 92.1 cm³/mol. The fourth-order valence-corrected chi connectivity index (χ4v) is 2.91. The molecule has 24 heavy (non-hydrogen) atoms. The van der Waals surface area contributed by atoms with E-state index in [-0.39, 0.29) is 12.2 Å². The van der Waals surface area contributed by atoms with Gasteiger partial charge in [-0.3, -0.25) is 4.79 Å². The molecule has 1 atom stereocenters. The van der Waals surface area contributed by atoms with Crippen molar-refractivity contribution < 1.29 is 9.84 Å². The number of hydrogen-bond acceptors (Lipinski definition) is 5. The molecule has 1 saturated heterocycles. The number of hydrogen-bond donors (Lipinski definition) is 2. The fourth-order valence-electron chi connectivity index (χ4n) is 2.91. The van der Waals surface area contributed by atoms with Crippen molar-refractivity contribution in [2.24, 2.45) is 0 Å². The second-order valence-electron chi connectivity index (χ2n) is 6.16. The van der Waals surface area contributed by atoms with Gasteiger partial charge in [0.05, 0.1) is 5.69 Å². The molecule has 2 N–H and O–H groups in total. The summed E-state index contributed by atoms with van der Waals surface area (Å²) in [5, 5.41) is 16.5. The molecular formula is C18H23N3O3. The molecule has 1 aromatic heterocycles. The van der Waals surface area contributed by atoms with Crippen LogP contribution in [-0.2, 0) is 0 Å². The first-order valence-corrected chi connectivity index (χ1v) is 8.40. The summed E-state index contributed by atoms with van der Waals surface area (Å²) in [5.74, 6) is 0.709. The zero-order valence-electron chi connectivity index (χ0n) is 13.6. The molecule has 0 radical (unpaired) electrons. The number of aromatic amines is 1. The van der Waals surface area contributed by atoms with E-state index in [9.17, 15) is 9.90 Å². The van der Waals surface area contributed by atoms with Crippen molar-refractivity contribution in [3.63, 3.8) is 0 Å². The van der Waals surface area contributed by atoms with Gasteiger partial charge < -0.3 is 14.7 Å². The number of nitrogens with one attached hydrogen (secondary N) is 1. The first kappa shape index (κ1) is 16.7. The average molecular weight is 329 g/mol. The van der Waals surface area contributed by atoms with Crippen LogP contribution < -0.4 is 10.3 Å². The third-order valence-electron chi connectivity index (χ3n) is 4.19. The minimum absolute atomic E-state index is 0.221. The molecule has 1 fully saturated rings. The number of H-pyrrole nitrogens is 1. The number of aliphatic hydroxyl groups is 1. The smallest absolute Gasteiger partial charge is 0.264 e. The Bertz CT molecular complexity index is 673. The largest absolute Gasteiger partial charge is 0.491 e. The molecule has 1 aliphatic rings. The van der Waals surface area contributed by atoms with Gasteiger partial charge in [-0.1, -0.05) is 6.42 Å². The summed E-state index contributed by atoms with van der Waals surface area (Å²) in [6.45, 7) is 3.09. The third-order valence-corrected chi connectivity index (χ3v) is 4.19. The van der Waals surface area contributed by atoms with Crippen LogP contribution in [0.3, 0.4) is 0 Å². The SMILES string of the molecule is O=c1ccc(-c2ccc(OC[C@H](O)CN3CCCCC3)cc2)n[nH]1. The van der Waals surface area contributed by atoms with E-state index in [1.165, 1.54) is 25.3 Å². The number of piperidine rings is 1. The summed E-state index contributed by atoms with van der Waals surface area (Å²) >= 11 is 0. The highest BCUT2D eigenvalue weighted by atomic mass is 16.5. The molecule has 6 nitrogen and oxygen atoms in total. The molecule has 0 aliphatic carbocycles. The molecule has 2 aromatic rings. The van der Waals surface area contributed by atoms with Crippen LogP contribution in [0.1, 0.15) is 19.3 Å². The maximum atomic E-state index is 11.0. The Morgan fingerprint density at radius 1 is 1.12 bits per heavy atom. The Balaban J connectivity index is 1.50. The van der Waals surface area contributed by atoms with Gasteiger partial charge in [0, 0.05) is 18.2 Å². The molecule has 0 unspecified atom stereocenters. The second kappa shape index (κ2) is 8.08. The van der Waals surface area contributed by atoms with Gasteiger partial charge in [0.25, 0.3) is 5.56 Å². The number of aromatic nitrogens is 2. The molecule has 0 amide bonds. The number of rotatable bonds is 6. The number of likely N-dealkylation sites (tertiary alicyclic amines) is 1. The van der Waals surface area contributed by atoms with Crippen molar-refractivity contribution >= 4 is 0 Å². The predicted octanol–water partition coefficient (Wildman–Crippen LogP) is 1.66. The molecule has 3 rings (SSSR count). The maximum absolute atomic E-state index is 11.0. The normalized spacial score (nSPS) is 16.7. The van der Waals surface area contributed by atoms with Gasteiger partial charge in [-0.2, -0.15) is 5.10 Å². The first-order valence-electron chi connectivity index (χ1n) is 8.40. The summed E-state index contributed by atoms with van der Waals surface area (Å²) < 4.78 is 5.66. The molecule has 1 aliphatic heterocycles. The second-order valence-corrected chi connectivity index (χ2v) is 6.16. The summed E-state index contributed by atoms with van der Waals surface area (Å²) in [5.41, 5.74) is 1.38. The van der Waals surface area contributed by atoms with Gasteiger partial charge >= 0.3 is 0 Å². The van der Waals surface area contributed by atoms with E-state index >= 15 is 0 Å². The summed E-state index contributed by atoms with van der Waals surface area (Å²) in [7, 11) is 0. The van der Waals surface area contributed by atoms with Crippen molar-refractivity contribution in [1.29, 1.82) is 0 Å². The quantitative estimate of drug-likeness (QED) is 0.843. The molecule has 0 spiro atoms. The molecule has 0 saturated carbocycles. The number of ether oxygens (including phenoxy) is 1. The van der Waals surface area contributed by atoms with E-state index in [2.05, 4.69) is 15.1 Å². The Morgan fingerprint density at radius 3 is 2.54 bits per heavy atom. The Morgan fingerprint density at radius 2 is 1.88 bits per heavy atom. The van der Waals surface area contributed by atoms with Crippen molar-refractivity contribution in [1.82, 2.24) is 15.1 Å². The molecule has 128 valence electrons. The zero-order valence-corrected chi connectivity index (χ0v) is 13.6. The third kappa shape index (κ3) is 4.66. The maximum Gasteiger partial charge on any atom is 0.264 e. The summed E-state index contributed by atoms with van der Waals surface area (Å²) in [4.78, 5) is 13.3. The highest BCUT2D eigenvalue weighted by molar-refractivity contribution is 5.59. The van der Waals surface area contributed by atoms with Crippen LogP contribution in [0.5, 0.6) is 5.75 Å². The van der Waals surface area contributed by atoms with Crippen LogP contribution >= 0.6 is 0 Å². The van der Waals surface area contributed by atoms with E-state index in [0.29, 0.717) is 18.0 Å². The van der Waals surface area contributed by atoms with Crippen LogP contribution in [-0.4, -0.2) is 52.5 Å². The van der Waals surface area contributed by atoms with Crippen molar-refractivity contribution in [2.45, 2.75) is 25.4 Å². The Hall–Kier alpha value is -2.18. The van der Waals surface area contributed by atoms with Crippen LogP contribution in [0.25, 0.3) is 11.3 Å². The number of aliphatic hydroxyl groups excluding tert-OH is 1. The van der Waals surface area contributed by atoms with E-state index < -0.39 is 6.10 Å². The van der Waals surface area contributed by atoms with Crippen LogP contribution in [0, 0.1) is 0 Å². The van der Waals surface area contributed by atoms with E-state index in [0.717, 1.165) is 18.7 Å². The van der Waals surface area contributed by atoms with E-state index in [1.807, 2.05) is 24.3 Å². The lowest BCUT2D eigenvalue weighted by molar-refractivity contribution is 0.0617. The highest BCUT2D eigenvalue weighted by Gasteiger charge is 2.15. The number of nitrogens with zero attached hydrogens (tertiary/aromatic N) is 2. The molecule has 2 heterocycles. The average Bonchev–Trinajstić information content (AvgIpc) is 2.62. The lowest BCUT2D eigenvalue weighted by atomic mass is 10.1. The molecule has 6 heteroatoms. The minimum atomic E-state index is -0.483. The fraction of sp³-hybridized carbons (Fsp3) is 0.444. The van der Waals surface area contributed by atoms with Crippen molar-refractivity contribution in [3.8, 4) is 17.0 Å². The Kier molecular flexibility index (Phi) is 5.61. The van der Waals surface area contributed by atoms with Gasteiger partial charge in [0.2, 0.25) is 0 Å². The standard InChI is InChI=1S/C18H23N3O3/c22-15(12-21-10-2-1-3-11-21)13-24-16-6-4-14(5-7-16)17-8-9-18(23)20-19-17/h4-9,15,22H,1-3,10-13H2,(H,20,23)/t15-/m1/s1. The van der Waals surface area contributed by atoms with Gasteiger partial charge in [0.1, 0.15) is 18.5 Å². The van der Waals surface area contributed by atoms with E-state index in [1.54, 1.807) is 6.07 Å². The molecule has 1 aromatic carbocycles. The summed E-state index contributed by atoms with van der Waals surface area (Å²) in [6, 6.07) is 10.6. The number of β-amino-alcohol motifs (C(OH)–C–C–N with tert-alkyl or cyclic N) is 1. The van der Waals surface area contributed by atoms with Gasteiger partial charge in [0.15, 0.2) is 0 Å². The van der Waals surface area contributed by atoms with Crippen LogP contribution in [0.2, 0.25) is 0 Å². The van der Waals surface area contributed by atoms with Crippen LogP contribution in [0.15, 0.2) is 41.2 Å². The van der Waals surface area contributed by atoms with Gasteiger partial charge in [-0.15, -0.1) is 0 Å². The lowest BCUT2D eigenvalue weighted by Gasteiger charge is -2.28. The van der Waals surface area contributed by atoms with E-state index in [4.69, 9.17) is 4.74 Å². The van der Waals surface area contributed by atoms with Gasteiger partial charge in [-0.25, -0.2) is 5.10 Å². The first-order chi connectivity index (χ1) is 11.7. The molecular weight excluding hydrogens is 306 g/mol. The highest BCUT2D eigenvalue weighted by Crippen LogP contribution is 2.19. The minimum Gasteiger partial charge on any atom is -0.491 e. The zero-order chi connectivity index (χ0) is 16.8. The monoisotopic (exact) mass is 329 g/mol. The van der Waals surface area contributed by atoms with Crippen molar-refractivity contribution in [3.05, 3.63) is 46.8 Å². The topological polar surface area (TPSA) is 78.5 Å². The Labute approximate surface area is 141 Å². The molecule has 0 bridgehead atoms. The summed E-state index contributed by atoms with van der Waals surface area (Å²) in [6.07, 6.45) is 3.24. The lowest BCUT2D eigenvalue weighted by Crippen LogP contribution is -2.38.